The molecule has 3 amide bonds. The van der Waals surface area contributed by atoms with Gasteiger partial charge in [0.05, 0.1) is 18.1 Å². The molecule has 4 rings (SSSR count). The molecule has 2 aliphatic rings. The summed E-state index contributed by atoms with van der Waals surface area (Å²) >= 11 is 4.00. The summed E-state index contributed by atoms with van der Waals surface area (Å²) in [6.45, 7) is 1.25. The minimum atomic E-state index is -4.12. The van der Waals surface area contributed by atoms with E-state index in [0.29, 0.717) is 42.5 Å². The second-order valence-corrected chi connectivity index (χ2v) is 10.7. The molecule has 2 aliphatic heterocycles. The van der Waals surface area contributed by atoms with E-state index in [4.69, 9.17) is 8.92 Å². The Morgan fingerprint density at radius 3 is 2.53 bits per heavy atom. The number of thioether (sulfide) groups is 1. The van der Waals surface area contributed by atoms with Crippen molar-refractivity contribution in [3.8, 4) is 5.75 Å². The third-order valence-corrected chi connectivity index (χ3v) is 7.67. The van der Waals surface area contributed by atoms with E-state index in [1.807, 2.05) is 0 Å². The second-order valence-electron chi connectivity index (χ2n) is 7.29. The van der Waals surface area contributed by atoms with Crippen LogP contribution in [0, 0.1) is 0 Å². The Balaban J connectivity index is 1.57. The van der Waals surface area contributed by atoms with E-state index in [1.54, 1.807) is 35.2 Å². The van der Waals surface area contributed by atoms with Gasteiger partial charge in [0.2, 0.25) is 5.91 Å². The molecule has 178 valence electrons. The Morgan fingerprint density at radius 1 is 1.12 bits per heavy atom. The third-order valence-electron chi connectivity index (χ3n) is 5.02. The molecule has 9 nitrogen and oxygen atoms in total. The molecule has 0 aliphatic carbocycles. The Bertz CT molecular complexity index is 1260. The van der Waals surface area contributed by atoms with Gasteiger partial charge in [0.1, 0.15) is 17.2 Å². The fraction of sp³-hybridized carbons (Fsp3) is 0.227. The van der Waals surface area contributed by atoms with Crippen LogP contribution >= 0.6 is 27.7 Å². The zero-order valence-corrected chi connectivity index (χ0v) is 20.9. The molecule has 0 N–H and O–H groups in total. The summed E-state index contributed by atoms with van der Waals surface area (Å²) in [5.41, 5.74) is 0.277. The molecule has 0 bridgehead atoms. The first-order valence-corrected chi connectivity index (χ1v) is 13.2. The maximum Gasteiger partial charge on any atom is 0.339 e. The first-order valence-electron chi connectivity index (χ1n) is 10.1. The predicted molar refractivity (Wildman–Crippen MR) is 128 cm³/mol. The van der Waals surface area contributed by atoms with Crippen LogP contribution < -0.4 is 4.18 Å². The van der Waals surface area contributed by atoms with Gasteiger partial charge in [-0.05, 0) is 48.2 Å². The SMILES string of the molecule is O=C(CN1C(=O)S/C(=C\c2cc(Br)ccc2OS(=O)(=O)c2ccccc2)C1=O)N1CCOCC1. The highest BCUT2D eigenvalue weighted by atomic mass is 79.9. The number of morpholine rings is 1. The quantitative estimate of drug-likeness (QED) is 0.387. The molecule has 2 heterocycles. The smallest absolute Gasteiger partial charge is 0.339 e. The first kappa shape index (κ1) is 24.5. The minimum Gasteiger partial charge on any atom is -0.378 e. The standard InChI is InChI=1S/C22H19BrN2O7S2/c23-16-6-7-18(32-34(29,30)17-4-2-1-3-5-17)15(12-16)13-19-21(27)25(22(28)33-19)14-20(26)24-8-10-31-11-9-24/h1-7,12-13H,8-11,14H2/b19-13-. The van der Waals surface area contributed by atoms with E-state index >= 15 is 0 Å². The molecular weight excluding hydrogens is 548 g/mol. The number of halogens is 1. The van der Waals surface area contributed by atoms with E-state index in [1.165, 1.54) is 24.3 Å². The number of ether oxygens (including phenoxy) is 1. The number of benzene rings is 2. The molecule has 0 atom stereocenters. The molecular formula is C22H19BrN2O7S2. The molecule has 0 spiro atoms. The van der Waals surface area contributed by atoms with Gasteiger partial charge < -0.3 is 13.8 Å². The van der Waals surface area contributed by atoms with Gasteiger partial charge >= 0.3 is 10.1 Å². The minimum absolute atomic E-state index is 0.0109. The van der Waals surface area contributed by atoms with Crippen molar-refractivity contribution >= 4 is 60.9 Å². The summed E-state index contributed by atoms with van der Waals surface area (Å²) in [4.78, 5) is 40.3. The normalized spacial score (nSPS) is 18.0. The van der Waals surface area contributed by atoms with Crippen LogP contribution in [0.3, 0.4) is 0 Å². The molecule has 0 radical (unpaired) electrons. The third kappa shape index (κ3) is 5.52. The van der Waals surface area contributed by atoms with Crippen molar-refractivity contribution in [1.82, 2.24) is 9.80 Å². The van der Waals surface area contributed by atoms with Gasteiger partial charge in [-0.2, -0.15) is 8.42 Å². The zero-order chi connectivity index (χ0) is 24.3. The fourth-order valence-corrected chi connectivity index (χ4v) is 5.47. The molecule has 2 fully saturated rings. The van der Waals surface area contributed by atoms with Crippen LogP contribution in [0.15, 0.2) is 62.8 Å². The number of hydrogen-bond acceptors (Lipinski definition) is 8. The lowest BCUT2D eigenvalue weighted by Crippen LogP contribution is -2.46. The lowest BCUT2D eigenvalue weighted by Gasteiger charge is -2.28. The number of rotatable bonds is 6. The monoisotopic (exact) mass is 566 g/mol. The van der Waals surface area contributed by atoms with Crippen molar-refractivity contribution in [1.29, 1.82) is 0 Å². The van der Waals surface area contributed by atoms with Gasteiger partial charge in [0.25, 0.3) is 11.1 Å². The zero-order valence-electron chi connectivity index (χ0n) is 17.7. The Hall–Kier alpha value is -2.67. The Morgan fingerprint density at radius 2 is 1.82 bits per heavy atom. The number of amides is 3. The average Bonchev–Trinajstić information content (AvgIpc) is 3.09. The average molecular weight is 567 g/mol. The maximum atomic E-state index is 12.9. The summed E-state index contributed by atoms with van der Waals surface area (Å²) in [7, 11) is -4.12. The molecule has 2 aromatic carbocycles. The highest BCUT2D eigenvalue weighted by Crippen LogP contribution is 2.35. The van der Waals surface area contributed by atoms with Gasteiger partial charge in [-0.15, -0.1) is 0 Å². The van der Waals surface area contributed by atoms with Gasteiger partial charge in [-0.25, -0.2) is 0 Å². The first-order chi connectivity index (χ1) is 16.2. The van der Waals surface area contributed by atoms with E-state index in [9.17, 15) is 22.8 Å². The number of hydrogen-bond donors (Lipinski definition) is 0. The highest BCUT2D eigenvalue weighted by molar-refractivity contribution is 9.10. The van der Waals surface area contributed by atoms with Gasteiger partial charge in [0.15, 0.2) is 0 Å². The van der Waals surface area contributed by atoms with Crippen LogP contribution in [0.25, 0.3) is 6.08 Å². The summed E-state index contributed by atoms with van der Waals surface area (Å²) in [5, 5.41) is -0.577. The van der Waals surface area contributed by atoms with Crippen molar-refractivity contribution in [2.75, 3.05) is 32.8 Å². The van der Waals surface area contributed by atoms with Crippen LogP contribution in [-0.4, -0.2) is 68.1 Å². The largest absolute Gasteiger partial charge is 0.378 e. The Labute approximate surface area is 208 Å². The van der Waals surface area contributed by atoms with Crippen molar-refractivity contribution < 1.29 is 31.7 Å². The summed E-state index contributed by atoms with van der Waals surface area (Å²) in [5.74, 6) is -0.982. The van der Waals surface area contributed by atoms with Crippen LogP contribution in [0.1, 0.15) is 5.56 Å². The van der Waals surface area contributed by atoms with Crippen molar-refractivity contribution in [3.05, 3.63) is 63.5 Å². The van der Waals surface area contributed by atoms with Crippen molar-refractivity contribution in [2.24, 2.45) is 0 Å². The molecule has 34 heavy (non-hydrogen) atoms. The predicted octanol–water partition coefficient (Wildman–Crippen LogP) is 3.11. The van der Waals surface area contributed by atoms with Crippen LogP contribution in [0.5, 0.6) is 5.75 Å². The fourth-order valence-electron chi connectivity index (χ4n) is 3.29. The van der Waals surface area contributed by atoms with Crippen LogP contribution in [0.4, 0.5) is 4.79 Å². The van der Waals surface area contributed by atoms with E-state index < -0.39 is 21.3 Å². The van der Waals surface area contributed by atoms with Crippen molar-refractivity contribution in [2.45, 2.75) is 4.90 Å². The molecule has 0 unspecified atom stereocenters. The molecule has 0 saturated carbocycles. The maximum absolute atomic E-state index is 12.9. The van der Waals surface area contributed by atoms with E-state index in [-0.39, 0.29) is 33.6 Å². The van der Waals surface area contributed by atoms with Crippen LogP contribution in [0.2, 0.25) is 0 Å². The van der Waals surface area contributed by atoms with Crippen molar-refractivity contribution in [3.63, 3.8) is 0 Å². The second kappa shape index (κ2) is 10.3. The van der Waals surface area contributed by atoms with E-state index in [0.717, 1.165) is 4.90 Å². The molecule has 0 aromatic heterocycles. The molecule has 12 heteroatoms. The Kier molecular flexibility index (Phi) is 7.41. The lowest BCUT2D eigenvalue weighted by molar-refractivity contribution is -0.139. The summed E-state index contributed by atoms with van der Waals surface area (Å²) < 4.78 is 36.5. The molecule has 2 aromatic rings. The van der Waals surface area contributed by atoms with E-state index in [2.05, 4.69) is 15.9 Å². The number of nitrogens with zero attached hydrogens (tertiary/aromatic N) is 2. The topological polar surface area (TPSA) is 110 Å². The number of carbonyl (C=O) groups excluding carboxylic acids is 3. The number of imide groups is 1. The summed E-state index contributed by atoms with van der Waals surface area (Å²) in [6, 6.07) is 12.3. The van der Waals surface area contributed by atoms with Gasteiger partial charge in [-0.3, -0.25) is 19.3 Å². The van der Waals surface area contributed by atoms with Gasteiger partial charge in [0, 0.05) is 23.1 Å². The highest BCUT2D eigenvalue weighted by Gasteiger charge is 2.37. The van der Waals surface area contributed by atoms with Gasteiger partial charge in [-0.1, -0.05) is 34.1 Å². The number of carbonyl (C=O) groups is 3. The lowest BCUT2D eigenvalue weighted by atomic mass is 10.2. The molecule has 2 saturated heterocycles. The van der Waals surface area contributed by atoms with Crippen LogP contribution in [-0.2, 0) is 24.4 Å². The summed E-state index contributed by atoms with van der Waals surface area (Å²) in [6.07, 6.45) is 1.38.